The maximum atomic E-state index is 12.5. The zero-order chi connectivity index (χ0) is 15.2. The second-order valence-corrected chi connectivity index (χ2v) is 5.87. The van der Waals surface area contributed by atoms with Crippen molar-refractivity contribution in [2.75, 3.05) is 11.4 Å². The van der Waals surface area contributed by atoms with Crippen molar-refractivity contribution < 1.29 is 14.7 Å². The first-order chi connectivity index (χ1) is 10.1. The van der Waals surface area contributed by atoms with Crippen LogP contribution in [0.5, 0.6) is 0 Å². The van der Waals surface area contributed by atoms with Gasteiger partial charge >= 0.3 is 5.97 Å². The number of rotatable bonds is 6. The number of anilines is 1. The van der Waals surface area contributed by atoms with E-state index >= 15 is 0 Å². The van der Waals surface area contributed by atoms with Gasteiger partial charge in [-0.3, -0.25) is 9.59 Å². The Kier molecular flexibility index (Phi) is 5.11. The van der Waals surface area contributed by atoms with Gasteiger partial charge in [-0.05, 0) is 23.6 Å². The minimum atomic E-state index is -0.903. The quantitative estimate of drug-likeness (QED) is 0.892. The van der Waals surface area contributed by atoms with Crippen molar-refractivity contribution in [1.82, 2.24) is 0 Å². The van der Waals surface area contributed by atoms with Gasteiger partial charge in [0, 0.05) is 17.1 Å². The molecule has 110 valence electrons. The molecule has 0 aliphatic heterocycles. The molecule has 0 fully saturated rings. The summed E-state index contributed by atoms with van der Waals surface area (Å²) in [4.78, 5) is 26.1. The largest absolute Gasteiger partial charge is 0.481 e. The molecule has 1 amide bonds. The first-order valence-corrected chi connectivity index (χ1v) is 7.56. The Labute approximate surface area is 127 Å². The highest BCUT2D eigenvalue weighted by molar-refractivity contribution is 7.10. The fourth-order valence-electron chi connectivity index (χ4n) is 1.97. The normalized spacial score (nSPS) is 11.9. The molecule has 0 bridgehead atoms. The number of amides is 1. The third-order valence-corrected chi connectivity index (χ3v) is 4.03. The molecule has 21 heavy (non-hydrogen) atoms. The summed E-state index contributed by atoms with van der Waals surface area (Å²) in [6.07, 6.45) is 0.291. The van der Waals surface area contributed by atoms with Gasteiger partial charge in [-0.2, -0.15) is 0 Å². The lowest BCUT2D eigenvalue weighted by atomic mass is 10.1. The van der Waals surface area contributed by atoms with Crippen LogP contribution in [0.4, 0.5) is 5.69 Å². The van der Waals surface area contributed by atoms with Crippen molar-refractivity contribution >= 4 is 28.9 Å². The van der Waals surface area contributed by atoms with Crippen LogP contribution < -0.4 is 4.90 Å². The lowest BCUT2D eigenvalue weighted by molar-refractivity contribution is -0.140. The van der Waals surface area contributed by atoms with Crippen molar-refractivity contribution in [2.24, 2.45) is 5.92 Å². The van der Waals surface area contributed by atoms with E-state index < -0.39 is 11.9 Å². The van der Waals surface area contributed by atoms with Gasteiger partial charge < -0.3 is 10.0 Å². The standard InChI is InChI=1S/C16H17NO3S/c1-12(16(19)20)11-17(13-6-3-2-4-7-13)15(18)10-14-8-5-9-21-14/h2-9,12H,10-11H2,1H3,(H,19,20). The molecular formula is C16H17NO3S. The van der Waals surface area contributed by atoms with Crippen LogP contribution in [0.2, 0.25) is 0 Å². The molecule has 1 unspecified atom stereocenters. The fraction of sp³-hybridized carbons (Fsp3) is 0.250. The molecule has 1 aromatic heterocycles. The van der Waals surface area contributed by atoms with Gasteiger partial charge in [-0.25, -0.2) is 0 Å². The molecule has 1 N–H and O–H groups in total. The Morgan fingerprint density at radius 2 is 1.90 bits per heavy atom. The number of nitrogens with zero attached hydrogens (tertiary/aromatic N) is 1. The Bertz CT molecular complexity index is 595. The number of para-hydroxylation sites is 1. The molecule has 0 aliphatic carbocycles. The highest BCUT2D eigenvalue weighted by atomic mass is 32.1. The highest BCUT2D eigenvalue weighted by Gasteiger charge is 2.22. The van der Waals surface area contributed by atoms with Gasteiger partial charge in [0.2, 0.25) is 5.91 Å². The Hall–Kier alpha value is -2.14. The van der Waals surface area contributed by atoms with Crippen LogP contribution in [0.25, 0.3) is 0 Å². The summed E-state index contributed by atoms with van der Waals surface area (Å²) in [5.74, 6) is -1.60. The van der Waals surface area contributed by atoms with Crippen LogP contribution in [-0.4, -0.2) is 23.5 Å². The van der Waals surface area contributed by atoms with Crippen LogP contribution in [0.15, 0.2) is 47.8 Å². The third-order valence-electron chi connectivity index (χ3n) is 3.15. The summed E-state index contributed by atoms with van der Waals surface area (Å²) in [7, 11) is 0. The van der Waals surface area contributed by atoms with E-state index in [4.69, 9.17) is 5.11 Å². The molecule has 2 aromatic rings. The first-order valence-electron chi connectivity index (χ1n) is 6.68. The maximum Gasteiger partial charge on any atom is 0.308 e. The molecule has 2 rings (SSSR count). The molecule has 1 heterocycles. The van der Waals surface area contributed by atoms with Gasteiger partial charge in [0.05, 0.1) is 12.3 Å². The number of aliphatic carboxylic acids is 1. The smallest absolute Gasteiger partial charge is 0.308 e. The number of carboxylic acid groups (broad SMARTS) is 1. The number of carbonyl (C=O) groups is 2. The molecule has 1 atom stereocenters. The molecule has 0 aliphatic rings. The van der Waals surface area contributed by atoms with Crippen LogP contribution in [-0.2, 0) is 16.0 Å². The van der Waals surface area contributed by atoms with Gasteiger partial charge in [-0.1, -0.05) is 31.2 Å². The molecule has 5 heteroatoms. The second kappa shape index (κ2) is 7.04. The van der Waals surface area contributed by atoms with Crippen molar-refractivity contribution in [1.29, 1.82) is 0 Å². The SMILES string of the molecule is CC(CN(C(=O)Cc1cccs1)c1ccccc1)C(=O)O. The summed E-state index contributed by atoms with van der Waals surface area (Å²) >= 11 is 1.53. The third kappa shape index (κ3) is 4.16. The topological polar surface area (TPSA) is 57.6 Å². The van der Waals surface area contributed by atoms with Crippen molar-refractivity contribution in [2.45, 2.75) is 13.3 Å². The van der Waals surface area contributed by atoms with E-state index in [2.05, 4.69) is 0 Å². The zero-order valence-corrected chi connectivity index (χ0v) is 12.5. The average molecular weight is 303 g/mol. The first kappa shape index (κ1) is 15.3. The Morgan fingerprint density at radius 3 is 2.48 bits per heavy atom. The van der Waals surface area contributed by atoms with E-state index in [1.807, 2.05) is 47.8 Å². The van der Waals surface area contributed by atoms with Crippen LogP contribution in [0.3, 0.4) is 0 Å². The van der Waals surface area contributed by atoms with Gasteiger partial charge in [0.15, 0.2) is 0 Å². The van der Waals surface area contributed by atoms with Crippen LogP contribution in [0.1, 0.15) is 11.8 Å². The monoisotopic (exact) mass is 303 g/mol. The van der Waals surface area contributed by atoms with Crippen molar-refractivity contribution in [3.05, 3.63) is 52.7 Å². The van der Waals surface area contributed by atoms with E-state index in [1.54, 1.807) is 11.8 Å². The maximum absolute atomic E-state index is 12.5. The molecule has 0 radical (unpaired) electrons. The van der Waals surface area contributed by atoms with E-state index in [-0.39, 0.29) is 12.5 Å². The summed E-state index contributed by atoms with van der Waals surface area (Å²) < 4.78 is 0. The van der Waals surface area contributed by atoms with Crippen LogP contribution in [0, 0.1) is 5.92 Å². The predicted molar refractivity (Wildman–Crippen MR) is 83.6 cm³/mol. The zero-order valence-electron chi connectivity index (χ0n) is 11.7. The lowest BCUT2D eigenvalue weighted by Gasteiger charge is -2.24. The predicted octanol–water partition coefficient (Wildman–Crippen LogP) is 3.04. The van der Waals surface area contributed by atoms with Gasteiger partial charge in [0.25, 0.3) is 0 Å². The number of hydrogen-bond acceptors (Lipinski definition) is 3. The average Bonchev–Trinajstić information content (AvgIpc) is 2.98. The van der Waals surface area contributed by atoms with E-state index in [0.29, 0.717) is 6.42 Å². The van der Waals surface area contributed by atoms with E-state index in [9.17, 15) is 9.59 Å². The molecule has 1 aromatic carbocycles. The van der Waals surface area contributed by atoms with Crippen LogP contribution >= 0.6 is 11.3 Å². The second-order valence-electron chi connectivity index (χ2n) is 4.84. The lowest BCUT2D eigenvalue weighted by Crippen LogP contribution is -2.37. The van der Waals surface area contributed by atoms with Gasteiger partial charge in [0.1, 0.15) is 0 Å². The molecule has 4 nitrogen and oxygen atoms in total. The number of thiophene rings is 1. The fourth-order valence-corrected chi connectivity index (χ4v) is 2.66. The number of carbonyl (C=O) groups excluding carboxylic acids is 1. The number of carboxylic acids is 1. The van der Waals surface area contributed by atoms with E-state index in [1.165, 1.54) is 11.3 Å². The molecule has 0 saturated heterocycles. The summed E-state index contributed by atoms with van der Waals surface area (Å²) in [5, 5.41) is 11.0. The number of hydrogen-bond donors (Lipinski definition) is 1. The van der Waals surface area contributed by atoms with Gasteiger partial charge in [-0.15, -0.1) is 11.3 Å². The summed E-state index contributed by atoms with van der Waals surface area (Å²) in [6.45, 7) is 1.78. The van der Waals surface area contributed by atoms with E-state index in [0.717, 1.165) is 10.6 Å². The van der Waals surface area contributed by atoms with Crippen molar-refractivity contribution in [3.63, 3.8) is 0 Å². The molecule has 0 saturated carbocycles. The summed E-state index contributed by atoms with van der Waals surface area (Å²) in [6, 6.07) is 13.0. The summed E-state index contributed by atoms with van der Waals surface area (Å²) in [5.41, 5.74) is 0.729. The highest BCUT2D eigenvalue weighted by Crippen LogP contribution is 2.18. The van der Waals surface area contributed by atoms with Crippen molar-refractivity contribution in [3.8, 4) is 0 Å². The Morgan fingerprint density at radius 1 is 1.19 bits per heavy atom. The minimum absolute atomic E-state index is 0.0863. The minimum Gasteiger partial charge on any atom is -0.481 e. The number of benzene rings is 1. The molecular weight excluding hydrogens is 286 g/mol. The Balaban J connectivity index is 2.19. The molecule has 0 spiro atoms.